The molecule has 6 nitrogen and oxygen atoms in total. The van der Waals surface area contributed by atoms with E-state index in [1.54, 1.807) is 11.6 Å². The van der Waals surface area contributed by atoms with E-state index < -0.39 is 24.0 Å². The fourth-order valence-corrected chi connectivity index (χ4v) is 6.22. The number of hydrogen-bond acceptors (Lipinski definition) is 5. The molecule has 3 N–H and O–H groups in total. The molecule has 0 aliphatic carbocycles. The Morgan fingerprint density at radius 2 is 2.14 bits per heavy atom. The molecular formula is C16H14BrF2N2O4PS2. The number of nitrogens with zero attached hydrogens (tertiary/aromatic N) is 1. The highest BCUT2D eigenvalue weighted by Crippen LogP contribution is 2.62. The standard InChI is InChI=1S/C16H14BrF2N2O4PS2/c1-2-10(15-20-5-6-27-15)21-14(22)8-3-4-11-9(7-8)12(17)13(28-11)16(18,19)26(23,24)25/h3-7,10H,2H2,1H3,(H,21,22)(H2,23,24,25). The molecule has 1 unspecified atom stereocenters. The summed E-state index contributed by atoms with van der Waals surface area (Å²) in [7, 11) is -5.69. The van der Waals surface area contributed by atoms with E-state index in [0.29, 0.717) is 22.5 Å². The molecule has 0 spiro atoms. The predicted octanol–water partition coefficient (Wildman–Crippen LogP) is 5.23. The van der Waals surface area contributed by atoms with Crippen LogP contribution in [0.1, 0.15) is 39.6 Å². The first-order valence-corrected chi connectivity index (χ1v) is 12.0. The Morgan fingerprint density at radius 3 is 2.71 bits per heavy atom. The fraction of sp³-hybridized carbons (Fsp3) is 0.250. The number of halogens is 3. The van der Waals surface area contributed by atoms with Crippen LogP contribution in [0.5, 0.6) is 0 Å². The van der Waals surface area contributed by atoms with Gasteiger partial charge in [-0.2, -0.15) is 8.78 Å². The summed E-state index contributed by atoms with van der Waals surface area (Å²) in [5, 5.41) is 5.70. The molecular weight excluding hydrogens is 497 g/mol. The van der Waals surface area contributed by atoms with Gasteiger partial charge >= 0.3 is 13.3 Å². The number of amides is 1. The Hall–Kier alpha value is -1.23. The van der Waals surface area contributed by atoms with E-state index in [0.717, 1.165) is 5.01 Å². The van der Waals surface area contributed by atoms with Crippen LogP contribution in [-0.2, 0) is 10.2 Å². The van der Waals surface area contributed by atoms with Crippen LogP contribution < -0.4 is 5.32 Å². The maximum absolute atomic E-state index is 14.1. The average Bonchev–Trinajstić information content (AvgIpc) is 3.27. The topological polar surface area (TPSA) is 99.5 Å². The Morgan fingerprint density at radius 1 is 1.43 bits per heavy atom. The van der Waals surface area contributed by atoms with Gasteiger partial charge in [-0.25, -0.2) is 4.98 Å². The Labute approximate surface area is 174 Å². The highest BCUT2D eigenvalue weighted by molar-refractivity contribution is 9.10. The molecule has 0 bridgehead atoms. The number of benzene rings is 1. The summed E-state index contributed by atoms with van der Waals surface area (Å²) in [6, 6.07) is 4.10. The van der Waals surface area contributed by atoms with Crippen molar-refractivity contribution in [3.8, 4) is 0 Å². The third kappa shape index (κ3) is 3.92. The molecule has 0 saturated carbocycles. The summed E-state index contributed by atoms with van der Waals surface area (Å²) < 4.78 is 39.7. The molecule has 1 aromatic carbocycles. The second-order valence-electron chi connectivity index (χ2n) is 5.85. The predicted molar refractivity (Wildman–Crippen MR) is 108 cm³/mol. The molecule has 0 fully saturated rings. The number of hydrogen-bond donors (Lipinski definition) is 3. The number of fused-ring (bicyclic) bond motifs is 1. The lowest BCUT2D eigenvalue weighted by Gasteiger charge is -2.16. The lowest BCUT2D eigenvalue weighted by molar-refractivity contribution is 0.0595. The van der Waals surface area contributed by atoms with Crippen LogP contribution in [0.4, 0.5) is 8.78 Å². The molecule has 0 aliphatic heterocycles. The summed E-state index contributed by atoms with van der Waals surface area (Å²) in [6.07, 6.45) is 2.27. The van der Waals surface area contributed by atoms with E-state index in [1.165, 1.54) is 29.5 Å². The highest BCUT2D eigenvalue weighted by atomic mass is 79.9. The van der Waals surface area contributed by atoms with Gasteiger partial charge in [0, 0.05) is 31.7 Å². The largest absolute Gasteiger partial charge is 0.400 e. The van der Waals surface area contributed by atoms with Gasteiger partial charge in [0.25, 0.3) is 5.91 Å². The van der Waals surface area contributed by atoms with Crippen LogP contribution in [-0.4, -0.2) is 20.7 Å². The smallest absolute Gasteiger partial charge is 0.343 e. The number of nitrogens with one attached hydrogen (secondary N) is 1. The van der Waals surface area contributed by atoms with Crippen molar-refractivity contribution in [1.29, 1.82) is 0 Å². The van der Waals surface area contributed by atoms with Crippen LogP contribution in [0.15, 0.2) is 34.2 Å². The van der Waals surface area contributed by atoms with Crippen molar-refractivity contribution in [3.05, 3.63) is 49.7 Å². The van der Waals surface area contributed by atoms with Crippen LogP contribution in [0, 0.1) is 0 Å². The van der Waals surface area contributed by atoms with Crippen molar-refractivity contribution >= 4 is 62.2 Å². The number of carbonyl (C=O) groups excluding carboxylic acids is 1. The first-order valence-electron chi connectivity index (χ1n) is 7.92. The number of alkyl halides is 2. The zero-order valence-electron chi connectivity index (χ0n) is 14.2. The summed E-state index contributed by atoms with van der Waals surface area (Å²) >= 11 is 4.99. The van der Waals surface area contributed by atoms with Gasteiger partial charge in [-0.1, -0.05) is 6.92 Å². The van der Waals surface area contributed by atoms with Gasteiger partial charge in [0.05, 0.1) is 6.04 Å². The number of thiophene rings is 1. The molecule has 0 aliphatic rings. The third-order valence-electron chi connectivity index (χ3n) is 3.99. The van der Waals surface area contributed by atoms with Crippen molar-refractivity contribution in [1.82, 2.24) is 10.3 Å². The minimum Gasteiger partial charge on any atom is -0.343 e. The highest BCUT2D eigenvalue weighted by Gasteiger charge is 2.53. The fourth-order valence-electron chi connectivity index (χ4n) is 2.52. The maximum atomic E-state index is 14.1. The zero-order valence-corrected chi connectivity index (χ0v) is 18.3. The number of aromatic nitrogens is 1. The molecule has 28 heavy (non-hydrogen) atoms. The van der Waals surface area contributed by atoms with E-state index >= 15 is 0 Å². The minimum atomic E-state index is -5.69. The van der Waals surface area contributed by atoms with E-state index in [-0.39, 0.29) is 21.5 Å². The van der Waals surface area contributed by atoms with Crippen molar-refractivity contribution in [2.75, 3.05) is 0 Å². The van der Waals surface area contributed by atoms with Crippen molar-refractivity contribution in [2.24, 2.45) is 0 Å². The maximum Gasteiger partial charge on any atom is 0.400 e. The lowest BCUT2D eigenvalue weighted by atomic mass is 10.1. The second kappa shape index (κ2) is 7.89. The number of rotatable bonds is 6. The monoisotopic (exact) mass is 510 g/mol. The van der Waals surface area contributed by atoms with E-state index in [1.807, 2.05) is 6.92 Å². The van der Waals surface area contributed by atoms with Gasteiger partial charge < -0.3 is 15.1 Å². The SMILES string of the molecule is CCC(NC(=O)c1ccc2sc(C(F)(F)P(=O)(O)O)c(Br)c2c1)c1nccs1. The van der Waals surface area contributed by atoms with Crippen molar-refractivity contribution in [2.45, 2.75) is 25.1 Å². The van der Waals surface area contributed by atoms with Crippen molar-refractivity contribution in [3.63, 3.8) is 0 Å². The zero-order chi connectivity index (χ0) is 20.7. The molecule has 0 saturated heterocycles. The van der Waals surface area contributed by atoms with Crippen LogP contribution in [0.3, 0.4) is 0 Å². The lowest BCUT2D eigenvalue weighted by Crippen LogP contribution is -2.28. The molecule has 2 heterocycles. The summed E-state index contributed by atoms with van der Waals surface area (Å²) in [6.45, 7) is 1.90. The van der Waals surface area contributed by atoms with E-state index in [4.69, 9.17) is 9.79 Å². The van der Waals surface area contributed by atoms with E-state index in [2.05, 4.69) is 26.2 Å². The Bertz CT molecular complexity index is 1070. The quantitative estimate of drug-likeness (QED) is 0.394. The van der Waals surface area contributed by atoms with Gasteiger partial charge in [-0.3, -0.25) is 9.36 Å². The molecule has 150 valence electrons. The van der Waals surface area contributed by atoms with Gasteiger partial charge in [-0.05, 0) is 40.5 Å². The van der Waals surface area contributed by atoms with Crippen molar-refractivity contribution < 1.29 is 27.9 Å². The summed E-state index contributed by atoms with van der Waals surface area (Å²) in [5.74, 6) is -0.398. The molecule has 1 atom stereocenters. The molecule has 3 aromatic rings. The normalized spacial score (nSPS) is 13.6. The van der Waals surface area contributed by atoms with E-state index in [9.17, 15) is 18.1 Å². The summed E-state index contributed by atoms with van der Waals surface area (Å²) in [4.78, 5) is 34.0. The van der Waals surface area contributed by atoms with Gasteiger partial charge in [0.2, 0.25) is 0 Å². The number of carbonyl (C=O) groups is 1. The van der Waals surface area contributed by atoms with Crippen LogP contribution in [0.25, 0.3) is 10.1 Å². The first kappa shape index (κ1) is 21.5. The Kier molecular flexibility index (Phi) is 6.05. The van der Waals surface area contributed by atoms with Crippen LogP contribution >= 0.6 is 46.2 Å². The van der Waals surface area contributed by atoms with Gasteiger partial charge in [0.15, 0.2) is 0 Å². The molecule has 1 amide bonds. The van der Waals surface area contributed by atoms with Gasteiger partial charge in [0.1, 0.15) is 9.88 Å². The minimum absolute atomic E-state index is 0.137. The first-order chi connectivity index (χ1) is 13.1. The summed E-state index contributed by atoms with van der Waals surface area (Å²) in [5.41, 5.74) is -4.08. The molecule has 0 radical (unpaired) electrons. The Balaban J connectivity index is 1.95. The van der Waals surface area contributed by atoms with Gasteiger partial charge in [-0.15, -0.1) is 22.7 Å². The van der Waals surface area contributed by atoms with Crippen LogP contribution in [0.2, 0.25) is 0 Å². The third-order valence-corrected chi connectivity index (χ3v) is 8.31. The molecule has 3 rings (SSSR count). The average molecular weight is 511 g/mol. The molecule has 12 heteroatoms. The second-order valence-corrected chi connectivity index (χ2v) is 10.3. The number of thiazole rings is 1. The molecule has 2 aromatic heterocycles.